The molecule has 0 bridgehead atoms. The lowest BCUT2D eigenvalue weighted by Crippen LogP contribution is -2.40. The topological polar surface area (TPSA) is 66.5 Å². The van der Waals surface area contributed by atoms with Crippen molar-refractivity contribution in [2.45, 2.75) is 42.5 Å². The van der Waals surface area contributed by atoms with Gasteiger partial charge in [-0.15, -0.1) is 0 Å². The van der Waals surface area contributed by atoms with Gasteiger partial charge >= 0.3 is 0 Å². The molecule has 0 radical (unpaired) electrons. The minimum atomic E-state index is 0.564. The molecule has 3 rings (SSSR count). The van der Waals surface area contributed by atoms with Gasteiger partial charge in [-0.3, -0.25) is 0 Å². The molecule has 1 fully saturated rings. The van der Waals surface area contributed by atoms with E-state index >= 15 is 0 Å². The zero-order valence-electron chi connectivity index (χ0n) is 11.3. The van der Waals surface area contributed by atoms with Crippen LogP contribution in [0.1, 0.15) is 26.2 Å². The Morgan fingerprint density at radius 1 is 1.32 bits per heavy atom. The smallest absolute Gasteiger partial charge is 0.181 e. The van der Waals surface area contributed by atoms with Crippen molar-refractivity contribution in [2.24, 2.45) is 5.92 Å². The van der Waals surface area contributed by atoms with E-state index in [1.807, 2.05) is 11.8 Å². The van der Waals surface area contributed by atoms with E-state index in [0.717, 1.165) is 22.1 Å². The van der Waals surface area contributed by atoms with E-state index in [1.165, 1.54) is 19.3 Å². The molecule has 0 saturated heterocycles. The Bertz CT molecular complexity index is 555. The van der Waals surface area contributed by atoms with Crippen molar-refractivity contribution in [2.75, 3.05) is 7.05 Å². The summed E-state index contributed by atoms with van der Waals surface area (Å²) in [6.07, 6.45) is 7.07. The Labute approximate surface area is 117 Å². The molecule has 2 heterocycles. The maximum atomic E-state index is 4.42. The van der Waals surface area contributed by atoms with Crippen molar-refractivity contribution in [3.63, 3.8) is 0 Å². The van der Waals surface area contributed by atoms with Crippen molar-refractivity contribution in [1.29, 1.82) is 0 Å². The highest BCUT2D eigenvalue weighted by atomic mass is 32.2. The van der Waals surface area contributed by atoms with Crippen molar-refractivity contribution in [3.8, 4) is 0 Å². The third kappa shape index (κ3) is 2.60. The SMILES string of the molecule is CNC1CCC(C)CC1Sc1ncnc2nc[nH]c12. The molecule has 6 heteroatoms. The van der Waals surface area contributed by atoms with Gasteiger partial charge in [-0.1, -0.05) is 18.7 Å². The van der Waals surface area contributed by atoms with Crippen LogP contribution in [0.15, 0.2) is 17.7 Å². The Hall–Kier alpha value is -1.14. The second kappa shape index (κ2) is 5.46. The fourth-order valence-corrected chi connectivity index (χ4v) is 4.29. The summed E-state index contributed by atoms with van der Waals surface area (Å²) in [5.41, 5.74) is 1.71. The van der Waals surface area contributed by atoms with E-state index in [1.54, 1.807) is 12.7 Å². The van der Waals surface area contributed by atoms with Crippen molar-refractivity contribution < 1.29 is 0 Å². The molecule has 2 N–H and O–H groups in total. The summed E-state index contributed by atoms with van der Waals surface area (Å²) in [7, 11) is 2.06. The van der Waals surface area contributed by atoms with E-state index in [9.17, 15) is 0 Å². The predicted octanol–water partition coefficient (Wildman–Crippen LogP) is 2.22. The summed E-state index contributed by atoms with van der Waals surface area (Å²) < 4.78 is 0. The molecule has 3 atom stereocenters. The van der Waals surface area contributed by atoms with Crippen LogP contribution >= 0.6 is 11.8 Å². The van der Waals surface area contributed by atoms with Crippen LogP contribution in [0.4, 0.5) is 0 Å². The van der Waals surface area contributed by atoms with E-state index < -0.39 is 0 Å². The lowest BCUT2D eigenvalue weighted by atomic mass is 9.87. The molecule has 0 aliphatic heterocycles. The van der Waals surface area contributed by atoms with Gasteiger partial charge in [-0.05, 0) is 32.2 Å². The molecular formula is C13H19N5S. The molecular weight excluding hydrogens is 258 g/mol. The third-order valence-corrected chi connectivity index (χ3v) is 5.23. The fraction of sp³-hybridized carbons (Fsp3) is 0.615. The van der Waals surface area contributed by atoms with Gasteiger partial charge in [0.25, 0.3) is 0 Å². The van der Waals surface area contributed by atoms with Gasteiger partial charge in [0, 0.05) is 11.3 Å². The predicted molar refractivity (Wildman–Crippen MR) is 77.2 cm³/mol. The molecule has 102 valence electrons. The highest BCUT2D eigenvalue weighted by Crippen LogP contribution is 2.37. The molecule has 2 aromatic heterocycles. The van der Waals surface area contributed by atoms with Gasteiger partial charge in [-0.2, -0.15) is 0 Å². The summed E-state index contributed by atoms with van der Waals surface area (Å²) in [5.74, 6) is 0.793. The average Bonchev–Trinajstić information content (AvgIpc) is 2.88. The molecule has 1 saturated carbocycles. The van der Waals surface area contributed by atoms with Crippen LogP contribution < -0.4 is 5.32 Å². The molecule has 1 aliphatic carbocycles. The number of thioether (sulfide) groups is 1. The van der Waals surface area contributed by atoms with Crippen LogP contribution in [0.5, 0.6) is 0 Å². The van der Waals surface area contributed by atoms with E-state index in [-0.39, 0.29) is 0 Å². The maximum absolute atomic E-state index is 4.42. The van der Waals surface area contributed by atoms with Crippen LogP contribution in [0, 0.1) is 5.92 Å². The number of hydrogen-bond donors (Lipinski definition) is 2. The average molecular weight is 277 g/mol. The molecule has 5 nitrogen and oxygen atoms in total. The van der Waals surface area contributed by atoms with Gasteiger partial charge in [0.2, 0.25) is 0 Å². The standard InChI is InChI=1S/C13H19N5S/c1-8-3-4-9(14-2)10(5-8)19-13-11-12(16-6-15-11)17-7-18-13/h6-10,14H,3-5H2,1-2H3,(H,15,16,17,18). The fourth-order valence-electron chi connectivity index (χ4n) is 2.76. The van der Waals surface area contributed by atoms with Crippen molar-refractivity contribution >= 4 is 22.9 Å². The first-order valence-corrected chi connectivity index (χ1v) is 7.64. The lowest BCUT2D eigenvalue weighted by molar-refractivity contribution is 0.329. The second-order valence-electron chi connectivity index (χ2n) is 5.25. The van der Waals surface area contributed by atoms with Crippen LogP contribution in [-0.4, -0.2) is 38.3 Å². The second-order valence-corrected chi connectivity index (χ2v) is 6.48. The van der Waals surface area contributed by atoms with Gasteiger partial charge in [0.05, 0.1) is 6.33 Å². The van der Waals surface area contributed by atoms with Crippen LogP contribution in [0.25, 0.3) is 11.2 Å². The molecule has 1 aliphatic rings. The minimum absolute atomic E-state index is 0.564. The zero-order chi connectivity index (χ0) is 13.2. The van der Waals surface area contributed by atoms with E-state index in [0.29, 0.717) is 11.3 Å². The number of imidazole rings is 1. The van der Waals surface area contributed by atoms with Gasteiger partial charge < -0.3 is 10.3 Å². The highest BCUT2D eigenvalue weighted by Gasteiger charge is 2.29. The van der Waals surface area contributed by atoms with E-state index in [4.69, 9.17) is 0 Å². The Morgan fingerprint density at radius 3 is 3.05 bits per heavy atom. The Kier molecular flexibility index (Phi) is 3.70. The molecule has 19 heavy (non-hydrogen) atoms. The summed E-state index contributed by atoms with van der Waals surface area (Å²) >= 11 is 1.85. The lowest BCUT2D eigenvalue weighted by Gasteiger charge is -2.34. The quantitative estimate of drug-likeness (QED) is 0.842. The number of aromatic nitrogens is 4. The Morgan fingerprint density at radius 2 is 2.21 bits per heavy atom. The number of fused-ring (bicyclic) bond motifs is 1. The molecule has 0 spiro atoms. The first-order valence-electron chi connectivity index (χ1n) is 6.76. The summed E-state index contributed by atoms with van der Waals surface area (Å²) in [5, 5.41) is 5.03. The number of hydrogen-bond acceptors (Lipinski definition) is 5. The number of H-pyrrole nitrogens is 1. The van der Waals surface area contributed by atoms with Gasteiger partial charge in [0.1, 0.15) is 16.9 Å². The summed E-state index contributed by atoms with van der Waals surface area (Å²) in [4.78, 5) is 15.9. The monoisotopic (exact) mass is 277 g/mol. The maximum Gasteiger partial charge on any atom is 0.181 e. The molecule has 2 aromatic rings. The number of rotatable bonds is 3. The number of aromatic amines is 1. The van der Waals surface area contributed by atoms with Crippen molar-refractivity contribution in [3.05, 3.63) is 12.7 Å². The normalized spacial score (nSPS) is 27.8. The zero-order valence-corrected chi connectivity index (χ0v) is 12.1. The van der Waals surface area contributed by atoms with Gasteiger partial charge in [-0.25, -0.2) is 15.0 Å². The number of nitrogens with one attached hydrogen (secondary N) is 2. The van der Waals surface area contributed by atoms with Crippen LogP contribution in [0.2, 0.25) is 0 Å². The minimum Gasteiger partial charge on any atom is -0.341 e. The largest absolute Gasteiger partial charge is 0.341 e. The molecule has 3 unspecified atom stereocenters. The highest BCUT2D eigenvalue weighted by molar-refractivity contribution is 8.00. The molecule has 0 amide bonds. The first kappa shape index (κ1) is 12.9. The first-order chi connectivity index (χ1) is 9.28. The third-order valence-electron chi connectivity index (χ3n) is 3.88. The van der Waals surface area contributed by atoms with Gasteiger partial charge in [0.15, 0.2) is 5.65 Å². The van der Waals surface area contributed by atoms with Crippen LogP contribution in [0.3, 0.4) is 0 Å². The van der Waals surface area contributed by atoms with Crippen molar-refractivity contribution in [1.82, 2.24) is 25.3 Å². The molecule has 0 aromatic carbocycles. The number of nitrogens with zero attached hydrogens (tertiary/aromatic N) is 3. The van der Waals surface area contributed by atoms with Crippen LogP contribution in [-0.2, 0) is 0 Å². The Balaban J connectivity index is 1.84. The summed E-state index contributed by atoms with van der Waals surface area (Å²) in [6.45, 7) is 2.34. The summed E-state index contributed by atoms with van der Waals surface area (Å²) in [6, 6.07) is 0.564. The van der Waals surface area contributed by atoms with E-state index in [2.05, 4.69) is 39.2 Å².